The summed E-state index contributed by atoms with van der Waals surface area (Å²) in [6, 6.07) is 8.14. The van der Waals surface area contributed by atoms with E-state index in [9.17, 15) is 8.42 Å². The Labute approximate surface area is 117 Å². The first-order valence-electron chi connectivity index (χ1n) is 5.88. The molecule has 6 heteroatoms. The maximum Gasteiger partial charge on any atom is 0.211 e. The highest BCUT2D eigenvalue weighted by Gasteiger charge is 2.23. The van der Waals surface area contributed by atoms with Crippen LogP contribution in [-0.2, 0) is 16.6 Å². The van der Waals surface area contributed by atoms with Crippen molar-refractivity contribution in [2.45, 2.75) is 6.54 Å². The molecule has 1 aromatic carbocycles. The van der Waals surface area contributed by atoms with E-state index in [-0.39, 0.29) is 0 Å². The van der Waals surface area contributed by atoms with Gasteiger partial charge in [-0.15, -0.1) is 0 Å². The number of piperazine rings is 1. The topological polar surface area (TPSA) is 40.6 Å². The molecule has 0 atom stereocenters. The summed E-state index contributed by atoms with van der Waals surface area (Å²) in [6.45, 7) is 3.61. The Morgan fingerprint density at radius 3 is 2.33 bits per heavy atom. The Morgan fingerprint density at radius 2 is 1.78 bits per heavy atom. The number of benzene rings is 1. The molecule has 0 radical (unpaired) electrons. The summed E-state index contributed by atoms with van der Waals surface area (Å²) >= 11 is 3.53. The van der Waals surface area contributed by atoms with Crippen molar-refractivity contribution < 1.29 is 8.42 Å². The van der Waals surface area contributed by atoms with Gasteiger partial charge in [-0.2, -0.15) is 4.31 Å². The number of sulfonamides is 1. The van der Waals surface area contributed by atoms with Gasteiger partial charge in [-0.25, -0.2) is 8.42 Å². The fraction of sp³-hybridized carbons (Fsp3) is 0.500. The molecular weight excluding hydrogens is 316 g/mol. The van der Waals surface area contributed by atoms with Crippen molar-refractivity contribution in [1.29, 1.82) is 0 Å². The van der Waals surface area contributed by atoms with Gasteiger partial charge >= 0.3 is 0 Å². The normalized spacial score (nSPS) is 19.0. The van der Waals surface area contributed by atoms with Gasteiger partial charge in [0, 0.05) is 37.2 Å². The maximum atomic E-state index is 11.4. The number of rotatable bonds is 3. The molecule has 0 aliphatic carbocycles. The average Bonchev–Trinajstić information content (AvgIpc) is 2.32. The molecule has 2 rings (SSSR count). The van der Waals surface area contributed by atoms with Gasteiger partial charge in [-0.1, -0.05) is 34.1 Å². The lowest BCUT2D eigenvalue weighted by Crippen LogP contribution is -2.47. The first kappa shape index (κ1) is 14.0. The van der Waals surface area contributed by atoms with Gasteiger partial charge in [0.1, 0.15) is 0 Å². The average molecular weight is 333 g/mol. The molecule has 0 unspecified atom stereocenters. The molecule has 1 fully saturated rings. The second kappa shape index (κ2) is 5.69. The summed E-state index contributed by atoms with van der Waals surface area (Å²) in [6.07, 6.45) is 1.27. The fourth-order valence-corrected chi connectivity index (χ4v) is 3.32. The maximum absolute atomic E-state index is 11.4. The summed E-state index contributed by atoms with van der Waals surface area (Å²) in [5, 5.41) is 0. The molecule has 1 aliphatic rings. The van der Waals surface area contributed by atoms with Gasteiger partial charge < -0.3 is 0 Å². The number of halogens is 1. The van der Waals surface area contributed by atoms with Crippen LogP contribution in [0.2, 0.25) is 0 Å². The Hall–Kier alpha value is -0.430. The molecule has 1 saturated heterocycles. The standard InChI is InChI=1S/C12H17BrN2O2S/c1-18(16,17)15-8-6-14(7-9-15)10-11-4-2-3-5-12(11)13/h2-5H,6-10H2,1H3. The minimum absolute atomic E-state index is 0.587. The summed E-state index contributed by atoms with van der Waals surface area (Å²) < 4.78 is 25.5. The Balaban J connectivity index is 1.94. The molecule has 1 heterocycles. The highest BCUT2D eigenvalue weighted by atomic mass is 79.9. The van der Waals surface area contributed by atoms with E-state index in [4.69, 9.17) is 0 Å². The molecule has 1 aliphatic heterocycles. The van der Waals surface area contributed by atoms with E-state index in [2.05, 4.69) is 26.9 Å². The predicted molar refractivity (Wildman–Crippen MR) is 75.8 cm³/mol. The molecule has 0 amide bonds. The molecule has 18 heavy (non-hydrogen) atoms. The first-order valence-corrected chi connectivity index (χ1v) is 8.52. The van der Waals surface area contributed by atoms with E-state index in [1.165, 1.54) is 11.8 Å². The zero-order valence-corrected chi connectivity index (χ0v) is 12.7. The van der Waals surface area contributed by atoms with Crippen molar-refractivity contribution >= 4 is 26.0 Å². The summed E-state index contributed by atoms with van der Waals surface area (Å²) in [7, 11) is -3.03. The van der Waals surface area contributed by atoms with Crippen LogP contribution in [0.15, 0.2) is 28.7 Å². The van der Waals surface area contributed by atoms with Gasteiger partial charge in [0.2, 0.25) is 10.0 Å². The van der Waals surface area contributed by atoms with Gasteiger partial charge in [0.25, 0.3) is 0 Å². The first-order chi connectivity index (χ1) is 8.47. The monoisotopic (exact) mass is 332 g/mol. The van der Waals surface area contributed by atoms with Crippen LogP contribution in [0.3, 0.4) is 0 Å². The van der Waals surface area contributed by atoms with Crippen LogP contribution in [-0.4, -0.2) is 50.1 Å². The van der Waals surface area contributed by atoms with Crippen LogP contribution < -0.4 is 0 Å². The predicted octanol–water partition coefficient (Wildman–Crippen LogP) is 1.53. The third-order valence-electron chi connectivity index (χ3n) is 3.15. The van der Waals surface area contributed by atoms with Gasteiger partial charge in [-0.3, -0.25) is 4.90 Å². The minimum Gasteiger partial charge on any atom is -0.296 e. The van der Waals surface area contributed by atoms with Gasteiger partial charge in [-0.05, 0) is 11.6 Å². The van der Waals surface area contributed by atoms with Crippen molar-refractivity contribution in [3.05, 3.63) is 34.3 Å². The largest absolute Gasteiger partial charge is 0.296 e. The Bertz CT molecular complexity index is 511. The van der Waals surface area contributed by atoms with Crippen LogP contribution in [0.5, 0.6) is 0 Å². The smallest absolute Gasteiger partial charge is 0.211 e. The summed E-state index contributed by atoms with van der Waals surface area (Å²) in [4.78, 5) is 2.28. The van der Waals surface area contributed by atoms with Crippen LogP contribution in [0.25, 0.3) is 0 Å². The zero-order valence-electron chi connectivity index (χ0n) is 10.3. The van der Waals surface area contributed by atoms with E-state index < -0.39 is 10.0 Å². The number of nitrogens with zero attached hydrogens (tertiary/aromatic N) is 2. The van der Waals surface area contributed by atoms with Gasteiger partial charge in [0.05, 0.1) is 6.26 Å². The van der Waals surface area contributed by atoms with E-state index in [1.807, 2.05) is 18.2 Å². The lowest BCUT2D eigenvalue weighted by molar-refractivity contribution is 0.182. The SMILES string of the molecule is CS(=O)(=O)N1CCN(Cc2ccccc2Br)CC1. The summed E-state index contributed by atoms with van der Waals surface area (Å²) in [5.41, 5.74) is 1.24. The van der Waals surface area contributed by atoms with Crippen molar-refractivity contribution in [2.75, 3.05) is 32.4 Å². The quantitative estimate of drug-likeness (QED) is 0.842. The second-order valence-electron chi connectivity index (χ2n) is 4.53. The molecule has 1 aromatic rings. The highest BCUT2D eigenvalue weighted by Crippen LogP contribution is 2.18. The Kier molecular flexibility index (Phi) is 4.42. The van der Waals surface area contributed by atoms with E-state index in [1.54, 1.807) is 4.31 Å². The van der Waals surface area contributed by atoms with Crippen LogP contribution in [0, 0.1) is 0 Å². The lowest BCUT2D eigenvalue weighted by atomic mass is 10.2. The number of hydrogen-bond donors (Lipinski definition) is 0. The minimum atomic E-state index is -3.03. The van der Waals surface area contributed by atoms with E-state index in [0.717, 1.165) is 24.1 Å². The van der Waals surface area contributed by atoms with Crippen molar-refractivity contribution in [3.8, 4) is 0 Å². The lowest BCUT2D eigenvalue weighted by Gasteiger charge is -2.33. The zero-order chi connectivity index (χ0) is 13.2. The third kappa shape index (κ3) is 3.54. The van der Waals surface area contributed by atoms with Gasteiger partial charge in [0.15, 0.2) is 0 Å². The molecule has 4 nitrogen and oxygen atoms in total. The molecule has 0 aromatic heterocycles. The second-order valence-corrected chi connectivity index (χ2v) is 7.37. The van der Waals surface area contributed by atoms with E-state index in [0.29, 0.717) is 13.1 Å². The molecule has 0 spiro atoms. The fourth-order valence-electron chi connectivity index (χ4n) is 2.09. The summed E-state index contributed by atoms with van der Waals surface area (Å²) in [5.74, 6) is 0. The Morgan fingerprint density at radius 1 is 1.17 bits per heavy atom. The van der Waals surface area contributed by atoms with Crippen LogP contribution in [0.4, 0.5) is 0 Å². The van der Waals surface area contributed by atoms with E-state index >= 15 is 0 Å². The van der Waals surface area contributed by atoms with Crippen molar-refractivity contribution in [1.82, 2.24) is 9.21 Å². The van der Waals surface area contributed by atoms with Crippen LogP contribution >= 0.6 is 15.9 Å². The molecule has 100 valence electrons. The van der Waals surface area contributed by atoms with Crippen molar-refractivity contribution in [3.63, 3.8) is 0 Å². The van der Waals surface area contributed by atoms with Crippen LogP contribution in [0.1, 0.15) is 5.56 Å². The highest BCUT2D eigenvalue weighted by molar-refractivity contribution is 9.10. The molecule has 0 saturated carbocycles. The third-order valence-corrected chi connectivity index (χ3v) is 5.23. The molecular formula is C12H17BrN2O2S. The molecule has 0 bridgehead atoms. The number of hydrogen-bond acceptors (Lipinski definition) is 3. The van der Waals surface area contributed by atoms with Crippen molar-refractivity contribution in [2.24, 2.45) is 0 Å². The molecule has 0 N–H and O–H groups in total.